The highest BCUT2D eigenvalue weighted by molar-refractivity contribution is 5.82. The second-order valence-electron chi connectivity index (χ2n) is 4.32. The first-order valence-electron chi connectivity index (χ1n) is 5.79. The molecule has 0 aromatic carbocycles. The van der Waals surface area contributed by atoms with E-state index in [0.29, 0.717) is 13.0 Å². The van der Waals surface area contributed by atoms with Gasteiger partial charge in [0.15, 0.2) is 0 Å². The smallest absolute Gasteiger partial charge is 0.303 e. The van der Waals surface area contributed by atoms with Crippen molar-refractivity contribution >= 4 is 17.8 Å². The Kier molecular flexibility index (Phi) is 7.69. The first-order chi connectivity index (χ1) is 8.32. The van der Waals surface area contributed by atoms with Crippen molar-refractivity contribution in [2.45, 2.75) is 38.6 Å². The molecule has 0 spiro atoms. The number of carboxylic acid groups (broad SMARTS) is 2. The summed E-state index contributed by atoms with van der Waals surface area (Å²) < 4.78 is 0. The molecule has 0 aliphatic heterocycles. The number of nitrogens with two attached hydrogens (primary N) is 1. The standard InChI is InChI=1S/C11H20N2O5/c1-7(2-4-9(14)15)6-13-11(18)8(12)3-5-10(16)17/h7-8H,2-6,12H2,1H3,(H,13,18)(H,14,15)(H,16,17). The van der Waals surface area contributed by atoms with Gasteiger partial charge in [0.2, 0.25) is 5.91 Å². The Hall–Kier alpha value is -1.63. The maximum absolute atomic E-state index is 11.5. The van der Waals surface area contributed by atoms with E-state index < -0.39 is 23.9 Å². The van der Waals surface area contributed by atoms with Crippen LogP contribution in [-0.4, -0.2) is 40.6 Å². The molecule has 7 nitrogen and oxygen atoms in total. The van der Waals surface area contributed by atoms with Gasteiger partial charge in [-0.25, -0.2) is 0 Å². The van der Waals surface area contributed by atoms with E-state index in [1.54, 1.807) is 0 Å². The van der Waals surface area contributed by atoms with Crippen molar-refractivity contribution in [1.82, 2.24) is 5.32 Å². The van der Waals surface area contributed by atoms with Crippen LogP contribution in [0, 0.1) is 5.92 Å². The molecule has 0 heterocycles. The van der Waals surface area contributed by atoms with Crippen molar-refractivity contribution in [2.24, 2.45) is 11.7 Å². The first kappa shape index (κ1) is 16.4. The monoisotopic (exact) mass is 260 g/mol. The Bertz CT molecular complexity index is 306. The Labute approximate surface area is 105 Å². The fourth-order valence-electron chi connectivity index (χ4n) is 1.29. The Balaban J connectivity index is 3.80. The summed E-state index contributed by atoms with van der Waals surface area (Å²) in [6.45, 7) is 2.17. The molecule has 104 valence electrons. The molecular formula is C11H20N2O5. The minimum atomic E-state index is -0.993. The van der Waals surface area contributed by atoms with Crippen LogP contribution in [0.15, 0.2) is 0 Å². The van der Waals surface area contributed by atoms with Gasteiger partial charge in [0.1, 0.15) is 0 Å². The summed E-state index contributed by atoms with van der Waals surface area (Å²) in [6, 6.07) is -0.840. The SMILES string of the molecule is CC(CCC(=O)O)CNC(=O)C(N)CCC(=O)O. The van der Waals surface area contributed by atoms with Crippen LogP contribution in [-0.2, 0) is 14.4 Å². The Morgan fingerprint density at radius 2 is 1.61 bits per heavy atom. The number of carbonyl (C=O) groups excluding carboxylic acids is 1. The van der Waals surface area contributed by atoms with Crippen LogP contribution in [0.1, 0.15) is 32.6 Å². The molecule has 0 aliphatic rings. The molecule has 2 atom stereocenters. The number of rotatable bonds is 9. The summed E-state index contributed by atoms with van der Waals surface area (Å²) in [5.74, 6) is -2.23. The van der Waals surface area contributed by atoms with E-state index in [-0.39, 0.29) is 25.2 Å². The van der Waals surface area contributed by atoms with E-state index >= 15 is 0 Å². The van der Waals surface area contributed by atoms with Gasteiger partial charge < -0.3 is 21.3 Å². The van der Waals surface area contributed by atoms with Gasteiger partial charge in [-0.15, -0.1) is 0 Å². The molecule has 7 heteroatoms. The molecular weight excluding hydrogens is 240 g/mol. The molecule has 18 heavy (non-hydrogen) atoms. The summed E-state index contributed by atoms with van der Waals surface area (Å²) in [6.07, 6.45) is 0.468. The van der Waals surface area contributed by atoms with E-state index in [0.717, 1.165) is 0 Å². The number of aliphatic carboxylic acids is 2. The normalized spacial score (nSPS) is 13.7. The largest absolute Gasteiger partial charge is 0.481 e. The van der Waals surface area contributed by atoms with Crippen molar-refractivity contribution in [1.29, 1.82) is 0 Å². The zero-order valence-electron chi connectivity index (χ0n) is 10.4. The third-order valence-corrected chi connectivity index (χ3v) is 2.48. The molecule has 0 aromatic rings. The van der Waals surface area contributed by atoms with Gasteiger partial charge in [0, 0.05) is 19.4 Å². The maximum Gasteiger partial charge on any atom is 0.303 e. The van der Waals surface area contributed by atoms with Gasteiger partial charge in [-0.3, -0.25) is 14.4 Å². The topological polar surface area (TPSA) is 130 Å². The number of carboxylic acids is 2. The predicted octanol–water partition coefficient (Wildman–Crippen LogP) is -0.204. The van der Waals surface area contributed by atoms with Gasteiger partial charge in [-0.05, 0) is 18.8 Å². The molecule has 0 fully saturated rings. The third-order valence-electron chi connectivity index (χ3n) is 2.48. The number of hydrogen-bond donors (Lipinski definition) is 4. The molecule has 2 unspecified atom stereocenters. The highest BCUT2D eigenvalue weighted by Gasteiger charge is 2.15. The van der Waals surface area contributed by atoms with Gasteiger partial charge in [0.25, 0.3) is 0 Å². The van der Waals surface area contributed by atoms with Crippen LogP contribution in [0.3, 0.4) is 0 Å². The van der Waals surface area contributed by atoms with Gasteiger partial charge in [0.05, 0.1) is 6.04 Å². The van der Waals surface area contributed by atoms with Crippen molar-refractivity contribution < 1.29 is 24.6 Å². The molecule has 0 aromatic heterocycles. The van der Waals surface area contributed by atoms with E-state index in [2.05, 4.69) is 5.32 Å². The third kappa shape index (κ3) is 8.51. The van der Waals surface area contributed by atoms with E-state index in [1.807, 2.05) is 6.92 Å². The predicted molar refractivity (Wildman–Crippen MR) is 63.9 cm³/mol. The van der Waals surface area contributed by atoms with Crippen LogP contribution >= 0.6 is 0 Å². The molecule has 0 radical (unpaired) electrons. The van der Waals surface area contributed by atoms with E-state index in [9.17, 15) is 14.4 Å². The first-order valence-corrected chi connectivity index (χ1v) is 5.79. The minimum absolute atomic E-state index is 0.0386. The molecule has 0 saturated heterocycles. The zero-order chi connectivity index (χ0) is 14.1. The minimum Gasteiger partial charge on any atom is -0.481 e. The average molecular weight is 260 g/mol. The quantitative estimate of drug-likeness (QED) is 0.454. The number of carbonyl (C=O) groups is 3. The lowest BCUT2D eigenvalue weighted by Crippen LogP contribution is -2.42. The molecule has 0 aliphatic carbocycles. The lowest BCUT2D eigenvalue weighted by Gasteiger charge is -2.14. The maximum atomic E-state index is 11.5. The molecule has 1 amide bonds. The average Bonchev–Trinajstić information content (AvgIpc) is 2.30. The van der Waals surface area contributed by atoms with Crippen molar-refractivity contribution in [2.75, 3.05) is 6.54 Å². The van der Waals surface area contributed by atoms with E-state index in [4.69, 9.17) is 15.9 Å². The van der Waals surface area contributed by atoms with Crippen LogP contribution in [0.25, 0.3) is 0 Å². The summed E-state index contributed by atoms with van der Waals surface area (Å²) in [5, 5.41) is 19.5. The summed E-state index contributed by atoms with van der Waals surface area (Å²) >= 11 is 0. The number of amides is 1. The van der Waals surface area contributed by atoms with Crippen LogP contribution < -0.4 is 11.1 Å². The van der Waals surface area contributed by atoms with Crippen molar-refractivity contribution in [3.8, 4) is 0 Å². The highest BCUT2D eigenvalue weighted by Crippen LogP contribution is 2.04. The van der Waals surface area contributed by atoms with Crippen LogP contribution in [0.4, 0.5) is 0 Å². The molecule has 0 saturated carbocycles. The molecule has 5 N–H and O–H groups in total. The summed E-state index contributed by atoms with van der Waals surface area (Å²) in [5.41, 5.74) is 5.50. The zero-order valence-corrected chi connectivity index (χ0v) is 10.4. The Morgan fingerprint density at radius 1 is 1.11 bits per heavy atom. The van der Waals surface area contributed by atoms with Crippen molar-refractivity contribution in [3.05, 3.63) is 0 Å². The fourth-order valence-corrected chi connectivity index (χ4v) is 1.29. The van der Waals surface area contributed by atoms with Gasteiger partial charge in [-0.2, -0.15) is 0 Å². The number of nitrogens with one attached hydrogen (secondary N) is 1. The van der Waals surface area contributed by atoms with Gasteiger partial charge in [-0.1, -0.05) is 6.92 Å². The van der Waals surface area contributed by atoms with Crippen LogP contribution in [0.5, 0.6) is 0 Å². The second-order valence-corrected chi connectivity index (χ2v) is 4.32. The molecule has 0 bridgehead atoms. The Morgan fingerprint density at radius 3 is 2.11 bits per heavy atom. The van der Waals surface area contributed by atoms with Crippen LogP contribution in [0.2, 0.25) is 0 Å². The molecule has 0 rings (SSSR count). The van der Waals surface area contributed by atoms with Gasteiger partial charge >= 0.3 is 11.9 Å². The fraction of sp³-hybridized carbons (Fsp3) is 0.727. The second kappa shape index (κ2) is 8.46. The van der Waals surface area contributed by atoms with Crippen molar-refractivity contribution in [3.63, 3.8) is 0 Å². The lowest BCUT2D eigenvalue weighted by atomic mass is 10.1. The summed E-state index contributed by atoms with van der Waals surface area (Å²) in [7, 11) is 0. The summed E-state index contributed by atoms with van der Waals surface area (Å²) in [4.78, 5) is 32.1. The van der Waals surface area contributed by atoms with E-state index in [1.165, 1.54) is 0 Å². The lowest BCUT2D eigenvalue weighted by molar-refractivity contribution is -0.138. The number of hydrogen-bond acceptors (Lipinski definition) is 4. The highest BCUT2D eigenvalue weighted by atomic mass is 16.4.